The molecule has 1 aliphatic heterocycles. The second-order valence-corrected chi connectivity index (χ2v) is 19.6. The van der Waals surface area contributed by atoms with Crippen LogP contribution in [-0.4, -0.2) is 27.5 Å². The smallest absolute Gasteiger partial charge is 0.295 e. The molecule has 0 saturated heterocycles. The zero-order chi connectivity index (χ0) is 48.6. The van der Waals surface area contributed by atoms with E-state index in [2.05, 4.69) is 220 Å². The Morgan fingerprint density at radius 3 is 1.45 bits per heavy atom. The molecule has 0 N–H and O–H groups in total. The molecule has 0 amide bonds. The third kappa shape index (κ3) is 5.81. The first-order valence-electron chi connectivity index (χ1n) is 25.1. The Morgan fingerprint density at radius 1 is 0.365 bits per heavy atom. The van der Waals surface area contributed by atoms with E-state index in [-0.39, 0.29) is 13.4 Å². The van der Waals surface area contributed by atoms with Gasteiger partial charge in [0.05, 0.1) is 27.8 Å². The lowest BCUT2D eigenvalue weighted by Gasteiger charge is -2.30. The summed E-state index contributed by atoms with van der Waals surface area (Å²) < 4.78 is 17.8. The number of para-hydroxylation sites is 4. The molecule has 1 aliphatic rings. The summed E-state index contributed by atoms with van der Waals surface area (Å²) in [6.45, 7) is 8.82. The lowest BCUT2D eigenvalue weighted by Crippen LogP contribution is -2.75. The SMILES string of the molecule is [C-]#[N+]c1nc(B2c3ccccc3B(c3ccccc3)c3ccccc32)ccc1-c1ccc(-n2c3ccccc3c3cc4oc5ccccc5c4cc32)cc1-n1c2ccccc2c2cc3oc4ccccc4c3cc21. The van der Waals surface area contributed by atoms with Crippen molar-refractivity contribution in [2.45, 2.75) is 0 Å². The van der Waals surface area contributed by atoms with Crippen LogP contribution < -0.4 is 32.9 Å². The van der Waals surface area contributed by atoms with Crippen LogP contribution in [0.3, 0.4) is 0 Å². The molecule has 0 spiro atoms. The molecular formula is C66H38B2N4O2. The average molecular weight is 941 g/mol. The molecule has 10 aromatic carbocycles. The van der Waals surface area contributed by atoms with Crippen molar-refractivity contribution in [3.05, 3.63) is 242 Å². The first-order chi connectivity index (χ1) is 36.7. The number of aromatic nitrogens is 3. The first kappa shape index (κ1) is 40.9. The van der Waals surface area contributed by atoms with E-state index >= 15 is 0 Å². The van der Waals surface area contributed by atoms with Crippen molar-refractivity contribution in [2.75, 3.05) is 0 Å². The number of nitrogens with zero attached hydrogens (tertiary/aromatic N) is 4. The van der Waals surface area contributed by atoms with Crippen LogP contribution in [0, 0.1) is 6.57 Å². The Kier molecular flexibility index (Phi) is 8.60. The summed E-state index contributed by atoms with van der Waals surface area (Å²) in [4.78, 5) is 9.71. The van der Waals surface area contributed by atoms with Crippen LogP contribution in [0.2, 0.25) is 0 Å². The Labute approximate surface area is 424 Å². The van der Waals surface area contributed by atoms with Gasteiger partial charge in [0.2, 0.25) is 6.71 Å². The van der Waals surface area contributed by atoms with Crippen LogP contribution in [0.4, 0.5) is 5.82 Å². The standard InChI is InChI=1S/C66H38B2N4O2/c1-69-66-47(33-34-65(70-66)68-54-25-11-9-23-52(54)67(40-17-3-2-4-18-40)53-24-10-12-26-55(53)68)44-32-31-41(71-56-27-13-5-19-42(56)48-38-63-50(36-59(48)71)45-21-7-15-29-61(45)73-63)35-58(44)72-57-28-14-6-20-43(57)49-39-64-51(37-60(49)72)46-22-8-16-30-62(46)74-64/h2-39H. The highest BCUT2D eigenvalue weighted by Gasteiger charge is 2.40. The van der Waals surface area contributed by atoms with E-state index in [1.807, 2.05) is 24.3 Å². The molecule has 6 heterocycles. The van der Waals surface area contributed by atoms with Crippen molar-refractivity contribution in [3.63, 3.8) is 0 Å². The van der Waals surface area contributed by atoms with Crippen molar-refractivity contribution in [1.29, 1.82) is 0 Å². The highest BCUT2D eigenvalue weighted by atomic mass is 16.3. The minimum absolute atomic E-state index is 0.0765. The van der Waals surface area contributed by atoms with Gasteiger partial charge in [0.25, 0.3) is 12.5 Å². The van der Waals surface area contributed by atoms with Crippen LogP contribution >= 0.6 is 0 Å². The van der Waals surface area contributed by atoms with Crippen LogP contribution in [0.25, 0.3) is 115 Å². The molecule has 6 nitrogen and oxygen atoms in total. The number of rotatable bonds is 5. The molecule has 8 heteroatoms. The number of fused-ring (bicyclic) bond motifs is 14. The summed E-state index contributed by atoms with van der Waals surface area (Å²) in [5.41, 5.74) is 18.3. The fraction of sp³-hybridized carbons (Fsp3) is 0. The Hall–Kier alpha value is -9.83. The summed E-state index contributed by atoms with van der Waals surface area (Å²) in [6.07, 6.45) is 0. The number of furan rings is 2. The van der Waals surface area contributed by atoms with Crippen LogP contribution in [-0.2, 0) is 0 Å². The third-order valence-electron chi connectivity index (χ3n) is 15.8. The molecule has 0 radical (unpaired) electrons. The van der Waals surface area contributed by atoms with Gasteiger partial charge in [-0.2, -0.15) is 0 Å². The number of pyridine rings is 1. The van der Waals surface area contributed by atoms with Crippen LogP contribution in [0.1, 0.15) is 0 Å². The fourth-order valence-corrected chi connectivity index (χ4v) is 12.6. The van der Waals surface area contributed by atoms with Gasteiger partial charge < -0.3 is 22.8 Å². The summed E-state index contributed by atoms with van der Waals surface area (Å²) in [5, 5.41) is 8.70. The number of hydrogen-bond acceptors (Lipinski definition) is 3. The van der Waals surface area contributed by atoms with Crippen molar-refractivity contribution < 1.29 is 8.83 Å². The minimum Gasteiger partial charge on any atom is -0.456 e. The second-order valence-electron chi connectivity index (χ2n) is 19.6. The molecule has 0 unspecified atom stereocenters. The first-order valence-corrected chi connectivity index (χ1v) is 25.1. The van der Waals surface area contributed by atoms with Gasteiger partial charge >= 0.3 is 0 Å². The molecule has 16 rings (SSSR count). The van der Waals surface area contributed by atoms with Crippen molar-refractivity contribution in [3.8, 4) is 22.5 Å². The normalized spacial score (nSPS) is 12.5. The van der Waals surface area contributed by atoms with E-state index in [1.165, 1.54) is 27.3 Å². The van der Waals surface area contributed by atoms with E-state index in [1.54, 1.807) is 0 Å². The van der Waals surface area contributed by atoms with Gasteiger partial charge in [0, 0.05) is 54.3 Å². The zero-order valence-corrected chi connectivity index (χ0v) is 39.7. The molecule has 0 saturated carbocycles. The highest BCUT2D eigenvalue weighted by Crippen LogP contribution is 2.44. The molecule has 0 bridgehead atoms. The molecule has 0 aliphatic carbocycles. The largest absolute Gasteiger partial charge is 0.456 e. The predicted octanol–water partition coefficient (Wildman–Crippen LogP) is 12.6. The van der Waals surface area contributed by atoms with Crippen LogP contribution in [0.15, 0.2) is 239 Å². The van der Waals surface area contributed by atoms with Crippen molar-refractivity contribution in [2.24, 2.45) is 0 Å². The maximum Gasteiger partial charge on any atom is 0.295 e. The van der Waals surface area contributed by atoms with Gasteiger partial charge in [0.1, 0.15) is 27.9 Å². The summed E-state index contributed by atoms with van der Waals surface area (Å²) >= 11 is 0. The lowest BCUT2D eigenvalue weighted by molar-refractivity contribution is 0.669. The monoisotopic (exact) mass is 940 g/mol. The molecule has 5 aromatic heterocycles. The number of benzene rings is 10. The van der Waals surface area contributed by atoms with Gasteiger partial charge in [-0.25, -0.2) is 0 Å². The van der Waals surface area contributed by atoms with E-state index in [0.717, 1.165) is 116 Å². The Balaban J connectivity index is 0.961. The minimum atomic E-state index is -0.169. The van der Waals surface area contributed by atoms with Crippen molar-refractivity contribution in [1.82, 2.24) is 14.1 Å². The van der Waals surface area contributed by atoms with E-state index in [0.29, 0.717) is 5.82 Å². The van der Waals surface area contributed by atoms with Gasteiger partial charge in [0.15, 0.2) is 0 Å². The third-order valence-corrected chi connectivity index (χ3v) is 15.8. The highest BCUT2D eigenvalue weighted by molar-refractivity contribution is 7.11. The van der Waals surface area contributed by atoms with Crippen LogP contribution in [0.5, 0.6) is 0 Å². The maximum atomic E-state index is 8.92. The zero-order valence-electron chi connectivity index (χ0n) is 39.7. The lowest BCUT2D eigenvalue weighted by atomic mass is 9.21. The predicted molar refractivity (Wildman–Crippen MR) is 308 cm³/mol. The quantitative estimate of drug-likeness (QED) is 0.128. The molecule has 0 atom stereocenters. The van der Waals surface area contributed by atoms with Gasteiger partial charge in [-0.1, -0.05) is 198 Å². The Morgan fingerprint density at radius 2 is 0.851 bits per heavy atom. The van der Waals surface area contributed by atoms with E-state index in [9.17, 15) is 0 Å². The molecule has 74 heavy (non-hydrogen) atoms. The van der Waals surface area contributed by atoms with Crippen molar-refractivity contribution >= 4 is 140 Å². The number of hydrogen-bond donors (Lipinski definition) is 0. The average Bonchev–Trinajstić information content (AvgIpc) is 4.20. The molecule has 0 fully saturated rings. The molecular weight excluding hydrogens is 902 g/mol. The summed E-state index contributed by atoms with van der Waals surface area (Å²) in [7, 11) is 0. The molecule has 15 aromatic rings. The van der Waals surface area contributed by atoms with Gasteiger partial charge in [-0.3, -0.25) is 0 Å². The summed E-state index contributed by atoms with van der Waals surface area (Å²) in [6, 6.07) is 82.0. The van der Waals surface area contributed by atoms with Gasteiger partial charge in [-0.15, -0.1) is 4.98 Å². The topological polar surface area (TPSA) is 53.4 Å². The van der Waals surface area contributed by atoms with Gasteiger partial charge in [-0.05, 0) is 72.3 Å². The summed E-state index contributed by atoms with van der Waals surface area (Å²) in [5.74, 6) is 0.353. The van der Waals surface area contributed by atoms with E-state index < -0.39 is 0 Å². The fourth-order valence-electron chi connectivity index (χ4n) is 12.6. The molecule has 340 valence electrons. The maximum absolute atomic E-state index is 8.92. The second kappa shape index (κ2) is 15.6. The Bertz CT molecular complexity index is 4850. The van der Waals surface area contributed by atoms with E-state index in [4.69, 9.17) is 20.4 Å².